The summed E-state index contributed by atoms with van der Waals surface area (Å²) in [6, 6.07) is 5.31. The minimum Gasteiger partial charge on any atom is -0.340 e. The number of piperazine rings is 1. The third-order valence-corrected chi connectivity index (χ3v) is 5.07. The molecule has 1 aliphatic rings. The summed E-state index contributed by atoms with van der Waals surface area (Å²) in [7, 11) is -3.82. The molecule has 0 bridgehead atoms. The third kappa shape index (κ3) is 2.76. The van der Waals surface area contributed by atoms with Gasteiger partial charge in [0.2, 0.25) is 15.9 Å². The number of amides is 1. The van der Waals surface area contributed by atoms with Crippen LogP contribution in [-0.4, -0.2) is 49.7 Å². The van der Waals surface area contributed by atoms with Crippen LogP contribution in [0.15, 0.2) is 29.2 Å². The summed E-state index contributed by atoms with van der Waals surface area (Å²) in [5.41, 5.74) is 0. The zero-order valence-corrected chi connectivity index (χ0v) is 11.4. The molecule has 1 amide bonds. The van der Waals surface area contributed by atoms with Crippen molar-refractivity contribution < 1.29 is 17.6 Å². The van der Waals surface area contributed by atoms with Gasteiger partial charge in [-0.05, 0) is 12.1 Å². The molecule has 1 aromatic rings. The van der Waals surface area contributed by atoms with Crippen molar-refractivity contribution in [2.45, 2.75) is 11.8 Å². The van der Waals surface area contributed by atoms with Crippen LogP contribution in [0.5, 0.6) is 0 Å². The summed E-state index contributed by atoms with van der Waals surface area (Å²) >= 11 is 0. The minimum atomic E-state index is -3.82. The highest BCUT2D eigenvalue weighted by atomic mass is 32.2. The van der Waals surface area contributed by atoms with Crippen molar-refractivity contribution in [3.63, 3.8) is 0 Å². The number of sulfonamides is 1. The van der Waals surface area contributed by atoms with Crippen molar-refractivity contribution in [3.8, 4) is 0 Å². The predicted molar refractivity (Wildman–Crippen MR) is 67.4 cm³/mol. The summed E-state index contributed by atoms with van der Waals surface area (Å²) in [6.07, 6.45) is 0. The van der Waals surface area contributed by atoms with Crippen LogP contribution in [0.2, 0.25) is 0 Å². The molecule has 0 spiro atoms. The Morgan fingerprint density at radius 3 is 2.26 bits per heavy atom. The number of benzene rings is 1. The van der Waals surface area contributed by atoms with E-state index < -0.39 is 15.8 Å². The van der Waals surface area contributed by atoms with Crippen molar-refractivity contribution in [1.29, 1.82) is 0 Å². The van der Waals surface area contributed by atoms with E-state index in [0.717, 1.165) is 6.07 Å². The molecule has 0 aromatic heterocycles. The summed E-state index contributed by atoms with van der Waals surface area (Å²) < 4.78 is 39.3. The maximum absolute atomic E-state index is 13.6. The number of rotatable bonds is 2. The number of carbonyl (C=O) groups excluding carboxylic acids is 1. The Morgan fingerprint density at radius 2 is 1.74 bits per heavy atom. The average molecular weight is 286 g/mol. The highest BCUT2D eigenvalue weighted by Gasteiger charge is 2.30. The second kappa shape index (κ2) is 5.26. The predicted octanol–water partition coefficient (Wildman–Crippen LogP) is 0.678. The van der Waals surface area contributed by atoms with E-state index in [1.54, 1.807) is 4.90 Å². The summed E-state index contributed by atoms with van der Waals surface area (Å²) in [5, 5.41) is 0. The molecule has 19 heavy (non-hydrogen) atoms. The van der Waals surface area contributed by atoms with Crippen LogP contribution in [0.25, 0.3) is 0 Å². The Balaban J connectivity index is 2.19. The second-order valence-electron chi connectivity index (χ2n) is 4.34. The van der Waals surface area contributed by atoms with Crippen LogP contribution in [0.4, 0.5) is 4.39 Å². The van der Waals surface area contributed by atoms with Crippen molar-refractivity contribution in [2.75, 3.05) is 26.2 Å². The molecule has 1 saturated heterocycles. The molecule has 0 radical (unpaired) electrons. The van der Waals surface area contributed by atoms with Crippen LogP contribution in [0.1, 0.15) is 6.92 Å². The van der Waals surface area contributed by atoms with Crippen molar-refractivity contribution in [2.24, 2.45) is 0 Å². The minimum absolute atomic E-state index is 0.0806. The smallest absolute Gasteiger partial charge is 0.246 e. The monoisotopic (exact) mass is 286 g/mol. The SMILES string of the molecule is CC(=O)N1CCN(S(=O)(=O)c2ccccc2F)CC1. The first-order valence-electron chi connectivity index (χ1n) is 5.93. The van der Waals surface area contributed by atoms with Crippen LogP contribution in [0.3, 0.4) is 0 Å². The van der Waals surface area contributed by atoms with E-state index in [-0.39, 0.29) is 23.9 Å². The van der Waals surface area contributed by atoms with Crippen molar-refractivity contribution >= 4 is 15.9 Å². The second-order valence-corrected chi connectivity index (χ2v) is 6.25. The summed E-state index contributed by atoms with van der Waals surface area (Å²) in [4.78, 5) is 12.4. The lowest BCUT2D eigenvalue weighted by molar-refractivity contribution is -0.129. The lowest BCUT2D eigenvalue weighted by atomic mass is 10.3. The molecular weight excluding hydrogens is 271 g/mol. The van der Waals surface area contributed by atoms with Crippen LogP contribution in [-0.2, 0) is 14.8 Å². The van der Waals surface area contributed by atoms with Gasteiger partial charge in [0.05, 0.1) is 0 Å². The van der Waals surface area contributed by atoms with E-state index >= 15 is 0 Å². The lowest BCUT2D eigenvalue weighted by Gasteiger charge is -2.33. The molecule has 0 N–H and O–H groups in total. The molecule has 0 aliphatic carbocycles. The molecule has 5 nitrogen and oxygen atoms in total. The Hall–Kier alpha value is -1.47. The highest BCUT2D eigenvalue weighted by Crippen LogP contribution is 2.20. The number of hydrogen-bond donors (Lipinski definition) is 0. The first-order valence-corrected chi connectivity index (χ1v) is 7.37. The first kappa shape index (κ1) is 14.0. The van der Waals surface area contributed by atoms with E-state index in [4.69, 9.17) is 0 Å². The van der Waals surface area contributed by atoms with Crippen LogP contribution in [0, 0.1) is 5.82 Å². The van der Waals surface area contributed by atoms with Crippen LogP contribution < -0.4 is 0 Å². The van der Waals surface area contributed by atoms with Gasteiger partial charge in [-0.3, -0.25) is 4.79 Å². The van der Waals surface area contributed by atoms with Gasteiger partial charge in [-0.2, -0.15) is 4.31 Å². The lowest BCUT2D eigenvalue weighted by Crippen LogP contribution is -2.50. The Kier molecular flexibility index (Phi) is 3.86. The van der Waals surface area contributed by atoms with E-state index in [2.05, 4.69) is 0 Å². The van der Waals surface area contributed by atoms with E-state index in [1.807, 2.05) is 0 Å². The molecule has 1 aliphatic heterocycles. The Bertz CT molecular complexity index is 580. The zero-order valence-electron chi connectivity index (χ0n) is 10.5. The van der Waals surface area contributed by atoms with Gasteiger partial charge in [-0.25, -0.2) is 12.8 Å². The van der Waals surface area contributed by atoms with Crippen molar-refractivity contribution in [1.82, 2.24) is 9.21 Å². The standard InChI is InChI=1S/C12H15FN2O3S/c1-10(16)14-6-8-15(9-7-14)19(17,18)12-5-3-2-4-11(12)13/h2-5H,6-9H2,1H3. The van der Waals surface area contributed by atoms with Crippen molar-refractivity contribution in [3.05, 3.63) is 30.1 Å². The highest BCUT2D eigenvalue weighted by molar-refractivity contribution is 7.89. The molecule has 1 aromatic carbocycles. The van der Waals surface area contributed by atoms with Gasteiger partial charge < -0.3 is 4.90 Å². The molecule has 1 heterocycles. The number of halogens is 1. The molecule has 0 unspecified atom stereocenters. The van der Waals surface area contributed by atoms with Gasteiger partial charge in [-0.1, -0.05) is 12.1 Å². The topological polar surface area (TPSA) is 57.7 Å². The fourth-order valence-corrected chi connectivity index (χ4v) is 3.52. The van der Waals surface area contributed by atoms with Gasteiger partial charge in [0.25, 0.3) is 0 Å². The van der Waals surface area contributed by atoms with Gasteiger partial charge >= 0.3 is 0 Å². The van der Waals surface area contributed by atoms with Crippen LogP contribution >= 0.6 is 0 Å². The fraction of sp³-hybridized carbons (Fsp3) is 0.417. The molecule has 0 saturated carbocycles. The molecule has 0 atom stereocenters. The Morgan fingerprint density at radius 1 is 1.16 bits per heavy atom. The summed E-state index contributed by atoms with van der Waals surface area (Å²) in [5.74, 6) is -0.834. The summed E-state index contributed by atoms with van der Waals surface area (Å²) in [6.45, 7) is 2.50. The third-order valence-electron chi connectivity index (χ3n) is 3.14. The Labute approximate surface area is 111 Å². The molecule has 2 rings (SSSR count). The normalized spacial score (nSPS) is 17.5. The number of nitrogens with zero attached hydrogens (tertiary/aromatic N) is 2. The van der Waals surface area contributed by atoms with E-state index in [0.29, 0.717) is 13.1 Å². The maximum atomic E-state index is 13.6. The molecule has 104 valence electrons. The molecule has 1 fully saturated rings. The van der Waals surface area contributed by atoms with E-state index in [9.17, 15) is 17.6 Å². The van der Waals surface area contributed by atoms with Gasteiger partial charge in [0.15, 0.2) is 0 Å². The molecule has 7 heteroatoms. The maximum Gasteiger partial charge on any atom is 0.246 e. The van der Waals surface area contributed by atoms with Gasteiger partial charge in [0, 0.05) is 33.1 Å². The average Bonchev–Trinajstić information content (AvgIpc) is 2.39. The van der Waals surface area contributed by atoms with Gasteiger partial charge in [0.1, 0.15) is 10.7 Å². The largest absolute Gasteiger partial charge is 0.340 e. The zero-order chi connectivity index (χ0) is 14.0. The molecular formula is C12H15FN2O3S. The van der Waals surface area contributed by atoms with E-state index in [1.165, 1.54) is 29.4 Å². The van der Waals surface area contributed by atoms with Gasteiger partial charge in [-0.15, -0.1) is 0 Å². The quantitative estimate of drug-likeness (QED) is 0.803. The fourth-order valence-electron chi connectivity index (χ4n) is 2.04. The number of carbonyl (C=O) groups is 1. The first-order chi connectivity index (χ1) is 8.93. The number of hydrogen-bond acceptors (Lipinski definition) is 3.